The Balaban J connectivity index is 1.35. The van der Waals surface area contributed by atoms with Crippen LogP contribution in [0.5, 0.6) is 5.75 Å². The van der Waals surface area contributed by atoms with Crippen LogP contribution in [-0.2, 0) is 12.8 Å². The van der Waals surface area contributed by atoms with Gasteiger partial charge in [0, 0.05) is 32.6 Å². The van der Waals surface area contributed by atoms with E-state index >= 15 is 0 Å². The Kier molecular flexibility index (Phi) is 6.98. The molecule has 1 amide bonds. The van der Waals surface area contributed by atoms with Crippen molar-refractivity contribution in [2.75, 3.05) is 38.2 Å². The van der Waals surface area contributed by atoms with Crippen molar-refractivity contribution in [1.82, 2.24) is 19.7 Å². The van der Waals surface area contributed by atoms with Crippen LogP contribution < -0.4 is 9.64 Å². The first-order chi connectivity index (χ1) is 17.6. The Labute approximate surface area is 212 Å². The van der Waals surface area contributed by atoms with Gasteiger partial charge < -0.3 is 14.5 Å². The van der Waals surface area contributed by atoms with Crippen LogP contribution in [0.25, 0.3) is 5.69 Å². The van der Waals surface area contributed by atoms with Gasteiger partial charge in [-0.25, -0.2) is 9.67 Å². The molecule has 7 nitrogen and oxygen atoms in total. The topological polar surface area (TPSA) is 63.5 Å². The molecule has 1 aromatic heterocycles. The summed E-state index contributed by atoms with van der Waals surface area (Å²) in [5, 5.41) is 4.71. The highest BCUT2D eigenvalue weighted by molar-refractivity contribution is 5.90. The molecule has 7 heteroatoms. The predicted octanol–water partition coefficient (Wildman–Crippen LogP) is 4.33. The van der Waals surface area contributed by atoms with Gasteiger partial charge in [-0.3, -0.25) is 4.79 Å². The highest BCUT2D eigenvalue weighted by atomic mass is 16.5. The van der Waals surface area contributed by atoms with Gasteiger partial charge >= 0.3 is 0 Å². The standard InChI is InChI=1S/C29H31N5O2/c1-22-10-6-7-13-24(22)34-27(17-16-23-11-4-3-5-12-23)30-28(31-34)29(35)33-20-18-32(19-21-33)25-14-8-9-15-26(25)36-2/h3-15H,16-21H2,1-2H3. The van der Waals surface area contributed by atoms with Crippen LogP contribution in [0.1, 0.15) is 27.6 Å². The molecule has 36 heavy (non-hydrogen) atoms. The zero-order valence-corrected chi connectivity index (χ0v) is 20.8. The first-order valence-corrected chi connectivity index (χ1v) is 12.4. The van der Waals surface area contributed by atoms with Crippen molar-refractivity contribution >= 4 is 11.6 Å². The monoisotopic (exact) mass is 481 g/mol. The van der Waals surface area contributed by atoms with Gasteiger partial charge in [0.25, 0.3) is 5.91 Å². The van der Waals surface area contributed by atoms with Crippen molar-refractivity contribution in [2.45, 2.75) is 19.8 Å². The number of hydrogen-bond donors (Lipinski definition) is 0. The van der Waals surface area contributed by atoms with Crippen LogP contribution in [0.15, 0.2) is 78.9 Å². The molecule has 0 saturated carbocycles. The molecule has 0 unspecified atom stereocenters. The quantitative estimate of drug-likeness (QED) is 0.393. The summed E-state index contributed by atoms with van der Waals surface area (Å²) in [7, 11) is 1.68. The third kappa shape index (κ3) is 4.96. The van der Waals surface area contributed by atoms with E-state index in [-0.39, 0.29) is 11.7 Å². The maximum Gasteiger partial charge on any atom is 0.293 e. The molecule has 1 saturated heterocycles. The number of piperazine rings is 1. The van der Waals surface area contributed by atoms with Gasteiger partial charge in [0.2, 0.25) is 5.82 Å². The smallest absolute Gasteiger partial charge is 0.293 e. The van der Waals surface area contributed by atoms with Crippen molar-refractivity contribution < 1.29 is 9.53 Å². The van der Waals surface area contributed by atoms with Gasteiger partial charge in [-0.05, 0) is 42.7 Å². The molecule has 5 rings (SSSR count). The van der Waals surface area contributed by atoms with Crippen LogP contribution in [-0.4, -0.2) is 58.9 Å². The van der Waals surface area contributed by atoms with Gasteiger partial charge in [-0.2, -0.15) is 0 Å². The third-order valence-electron chi connectivity index (χ3n) is 6.68. The average Bonchev–Trinajstić information content (AvgIpc) is 3.36. The molecule has 1 aliphatic heterocycles. The van der Waals surface area contributed by atoms with Gasteiger partial charge in [0.05, 0.1) is 18.5 Å². The number of amides is 1. The fourth-order valence-electron chi connectivity index (χ4n) is 4.67. The second-order valence-corrected chi connectivity index (χ2v) is 8.99. The Hall–Kier alpha value is -4.13. The van der Waals surface area contributed by atoms with Gasteiger partial charge in [-0.15, -0.1) is 5.10 Å². The van der Waals surface area contributed by atoms with E-state index < -0.39 is 0 Å². The van der Waals surface area contributed by atoms with Crippen molar-refractivity contribution in [1.29, 1.82) is 0 Å². The minimum Gasteiger partial charge on any atom is -0.495 e. The number of carbonyl (C=O) groups is 1. The third-order valence-corrected chi connectivity index (χ3v) is 6.68. The first-order valence-electron chi connectivity index (χ1n) is 12.4. The molecule has 0 radical (unpaired) electrons. The lowest BCUT2D eigenvalue weighted by Gasteiger charge is -2.36. The molecule has 2 heterocycles. The van der Waals surface area contributed by atoms with E-state index in [4.69, 9.17) is 14.8 Å². The molecule has 1 aliphatic rings. The molecular formula is C29H31N5O2. The van der Waals surface area contributed by atoms with E-state index in [0.29, 0.717) is 19.5 Å². The number of aromatic nitrogens is 3. The van der Waals surface area contributed by atoms with Crippen molar-refractivity contribution in [3.05, 3.63) is 102 Å². The number of rotatable bonds is 7. The van der Waals surface area contributed by atoms with Gasteiger partial charge in [0.1, 0.15) is 11.6 Å². The highest BCUT2D eigenvalue weighted by Crippen LogP contribution is 2.28. The fraction of sp³-hybridized carbons (Fsp3) is 0.276. The Morgan fingerprint density at radius 3 is 2.22 bits per heavy atom. The molecule has 0 bridgehead atoms. The van der Waals surface area contributed by atoms with Crippen molar-refractivity contribution in [3.8, 4) is 11.4 Å². The number of hydrogen-bond acceptors (Lipinski definition) is 5. The molecule has 0 atom stereocenters. The normalized spacial score (nSPS) is 13.6. The van der Waals surface area contributed by atoms with E-state index in [0.717, 1.165) is 48.0 Å². The minimum absolute atomic E-state index is 0.122. The van der Waals surface area contributed by atoms with Crippen LogP contribution in [0.2, 0.25) is 0 Å². The Bertz CT molecular complexity index is 1330. The SMILES string of the molecule is COc1ccccc1N1CCN(C(=O)c2nc(CCc3ccccc3)n(-c3ccccc3C)n2)CC1. The largest absolute Gasteiger partial charge is 0.495 e. The maximum absolute atomic E-state index is 13.5. The Morgan fingerprint density at radius 1 is 0.833 bits per heavy atom. The first kappa shape index (κ1) is 23.6. The number of benzene rings is 3. The van der Waals surface area contributed by atoms with Crippen LogP contribution in [0, 0.1) is 6.92 Å². The van der Waals surface area contributed by atoms with E-state index in [1.54, 1.807) is 7.11 Å². The predicted molar refractivity (Wildman–Crippen MR) is 141 cm³/mol. The lowest BCUT2D eigenvalue weighted by Crippen LogP contribution is -2.49. The van der Waals surface area contributed by atoms with Crippen molar-refractivity contribution in [2.24, 2.45) is 0 Å². The molecule has 0 aliphatic carbocycles. The van der Waals surface area contributed by atoms with E-state index in [2.05, 4.69) is 36.1 Å². The summed E-state index contributed by atoms with van der Waals surface area (Å²) in [6, 6.07) is 26.4. The lowest BCUT2D eigenvalue weighted by atomic mass is 10.1. The summed E-state index contributed by atoms with van der Waals surface area (Å²) in [5.74, 6) is 1.78. The zero-order valence-electron chi connectivity index (χ0n) is 20.8. The highest BCUT2D eigenvalue weighted by Gasteiger charge is 2.27. The van der Waals surface area contributed by atoms with Gasteiger partial charge in [-0.1, -0.05) is 60.7 Å². The van der Waals surface area contributed by atoms with E-state index in [9.17, 15) is 4.79 Å². The summed E-state index contributed by atoms with van der Waals surface area (Å²) >= 11 is 0. The number of aryl methyl sites for hydroxylation is 3. The lowest BCUT2D eigenvalue weighted by molar-refractivity contribution is 0.0734. The van der Waals surface area contributed by atoms with Gasteiger partial charge in [0.15, 0.2) is 0 Å². The number of para-hydroxylation sites is 3. The molecule has 1 fully saturated rings. The maximum atomic E-state index is 13.5. The number of anilines is 1. The molecule has 3 aromatic carbocycles. The van der Waals surface area contributed by atoms with E-state index in [1.807, 2.05) is 64.2 Å². The zero-order chi connectivity index (χ0) is 24.9. The molecule has 0 spiro atoms. The second-order valence-electron chi connectivity index (χ2n) is 8.99. The number of ether oxygens (including phenoxy) is 1. The molecule has 4 aromatic rings. The summed E-state index contributed by atoms with van der Waals surface area (Å²) in [4.78, 5) is 22.3. The van der Waals surface area contributed by atoms with E-state index in [1.165, 1.54) is 5.56 Å². The van der Waals surface area contributed by atoms with Crippen LogP contribution in [0.3, 0.4) is 0 Å². The second kappa shape index (κ2) is 10.6. The summed E-state index contributed by atoms with van der Waals surface area (Å²) in [5.41, 5.74) is 4.33. The number of nitrogens with zero attached hydrogens (tertiary/aromatic N) is 5. The summed E-state index contributed by atoms with van der Waals surface area (Å²) in [6.07, 6.45) is 1.52. The summed E-state index contributed by atoms with van der Waals surface area (Å²) < 4.78 is 7.36. The minimum atomic E-state index is -0.122. The number of carbonyl (C=O) groups excluding carboxylic acids is 1. The molecule has 0 N–H and O–H groups in total. The average molecular weight is 482 g/mol. The summed E-state index contributed by atoms with van der Waals surface area (Å²) in [6.45, 7) is 4.72. The van der Waals surface area contributed by atoms with Crippen LogP contribution >= 0.6 is 0 Å². The molecule has 184 valence electrons. The van der Waals surface area contributed by atoms with Crippen molar-refractivity contribution in [3.63, 3.8) is 0 Å². The van der Waals surface area contributed by atoms with Crippen LogP contribution in [0.4, 0.5) is 5.69 Å². The number of methoxy groups -OCH3 is 1. The molecular weight excluding hydrogens is 450 g/mol. The fourth-order valence-corrected chi connectivity index (χ4v) is 4.67. The Morgan fingerprint density at radius 2 is 1.50 bits per heavy atom.